The molecule has 0 aromatic heterocycles. The summed E-state index contributed by atoms with van der Waals surface area (Å²) in [6.07, 6.45) is 4.11. The third-order valence-corrected chi connectivity index (χ3v) is 3.57. The Kier molecular flexibility index (Phi) is 8.07. The Balaban J connectivity index is 1.95. The van der Waals surface area contributed by atoms with Crippen molar-refractivity contribution in [3.05, 3.63) is 0 Å². The highest BCUT2D eigenvalue weighted by Gasteiger charge is 2.14. The molecule has 2 atom stereocenters. The summed E-state index contributed by atoms with van der Waals surface area (Å²) in [5.74, 6) is 1.49. The normalized spacial score (nSPS) is 20.7. The summed E-state index contributed by atoms with van der Waals surface area (Å²) >= 11 is 0. The molecule has 0 saturated carbocycles. The number of rotatable bonds is 9. The van der Waals surface area contributed by atoms with Crippen LogP contribution < -0.4 is 10.6 Å². The largest absolute Gasteiger partial charge is 0.378 e. The van der Waals surface area contributed by atoms with Gasteiger partial charge >= 0.3 is 0 Å². The number of amides is 1. The molecule has 112 valence electrons. The van der Waals surface area contributed by atoms with Crippen molar-refractivity contribution in [3.63, 3.8) is 0 Å². The molecule has 1 fully saturated rings. The Morgan fingerprint density at radius 1 is 1.42 bits per heavy atom. The molecule has 1 saturated heterocycles. The lowest BCUT2D eigenvalue weighted by molar-refractivity contribution is -0.122. The first kappa shape index (κ1) is 16.4. The van der Waals surface area contributed by atoms with Crippen LogP contribution >= 0.6 is 0 Å². The van der Waals surface area contributed by atoms with Crippen molar-refractivity contribution in [3.8, 4) is 0 Å². The van der Waals surface area contributed by atoms with Crippen molar-refractivity contribution >= 4 is 5.91 Å². The lowest BCUT2D eigenvalue weighted by Crippen LogP contribution is -2.27. The van der Waals surface area contributed by atoms with Crippen LogP contribution in [0.1, 0.15) is 46.5 Å². The number of carbonyl (C=O) groups excluding carboxylic acids is 1. The van der Waals surface area contributed by atoms with Crippen LogP contribution in [0.2, 0.25) is 0 Å². The van der Waals surface area contributed by atoms with Crippen LogP contribution in [-0.4, -0.2) is 38.3 Å². The predicted octanol–water partition coefficient (Wildman–Crippen LogP) is 1.94. The summed E-state index contributed by atoms with van der Waals surface area (Å²) in [4.78, 5) is 11.6. The van der Waals surface area contributed by atoms with Crippen molar-refractivity contribution in [2.24, 2.45) is 11.8 Å². The van der Waals surface area contributed by atoms with Crippen molar-refractivity contribution in [2.75, 3.05) is 26.2 Å². The first-order valence-electron chi connectivity index (χ1n) is 7.67. The summed E-state index contributed by atoms with van der Waals surface area (Å²) in [7, 11) is 0. The highest BCUT2D eigenvalue weighted by atomic mass is 16.5. The molecule has 0 spiro atoms. The molecule has 2 N–H and O–H groups in total. The van der Waals surface area contributed by atoms with Crippen LogP contribution in [0, 0.1) is 11.8 Å². The highest BCUT2D eigenvalue weighted by molar-refractivity contribution is 5.75. The van der Waals surface area contributed by atoms with Crippen LogP contribution in [0.15, 0.2) is 0 Å². The predicted molar refractivity (Wildman–Crippen MR) is 78.1 cm³/mol. The van der Waals surface area contributed by atoms with Crippen LogP contribution in [0.4, 0.5) is 0 Å². The summed E-state index contributed by atoms with van der Waals surface area (Å²) in [6, 6.07) is 0. The average molecular weight is 270 g/mol. The molecule has 0 aromatic rings. The molecular formula is C15H30N2O2. The fraction of sp³-hybridized carbons (Fsp3) is 0.933. The average Bonchev–Trinajstić information content (AvgIpc) is 2.81. The molecule has 1 amide bonds. The maximum atomic E-state index is 11.6. The van der Waals surface area contributed by atoms with Gasteiger partial charge in [-0.25, -0.2) is 0 Å². The van der Waals surface area contributed by atoms with Gasteiger partial charge in [-0.1, -0.05) is 13.8 Å². The Hall–Kier alpha value is -0.610. The molecule has 0 bridgehead atoms. The minimum Gasteiger partial charge on any atom is -0.378 e. The zero-order valence-corrected chi connectivity index (χ0v) is 12.7. The SMILES string of the molecule is CC(C)CC(C)OCCC(=O)NCCC1CCNC1. The van der Waals surface area contributed by atoms with Crippen molar-refractivity contribution in [1.82, 2.24) is 10.6 Å². The molecule has 0 aromatic carbocycles. The van der Waals surface area contributed by atoms with Gasteiger partial charge in [-0.05, 0) is 51.1 Å². The van der Waals surface area contributed by atoms with Crippen molar-refractivity contribution in [2.45, 2.75) is 52.6 Å². The minimum absolute atomic E-state index is 0.114. The van der Waals surface area contributed by atoms with E-state index in [4.69, 9.17) is 4.74 Å². The number of carbonyl (C=O) groups is 1. The highest BCUT2D eigenvalue weighted by Crippen LogP contribution is 2.11. The molecule has 2 unspecified atom stereocenters. The monoisotopic (exact) mass is 270 g/mol. The van der Waals surface area contributed by atoms with Gasteiger partial charge < -0.3 is 15.4 Å². The molecular weight excluding hydrogens is 240 g/mol. The van der Waals surface area contributed by atoms with E-state index in [9.17, 15) is 4.79 Å². The third kappa shape index (κ3) is 8.22. The minimum atomic E-state index is 0.114. The Labute approximate surface area is 117 Å². The van der Waals surface area contributed by atoms with Crippen LogP contribution in [0.25, 0.3) is 0 Å². The maximum Gasteiger partial charge on any atom is 0.222 e. The van der Waals surface area contributed by atoms with Gasteiger partial charge in [0.25, 0.3) is 0 Å². The zero-order chi connectivity index (χ0) is 14.1. The first-order valence-corrected chi connectivity index (χ1v) is 7.67. The number of nitrogens with one attached hydrogen (secondary N) is 2. The molecule has 0 aliphatic carbocycles. The smallest absolute Gasteiger partial charge is 0.222 e. The Bertz CT molecular complexity index is 251. The van der Waals surface area contributed by atoms with E-state index < -0.39 is 0 Å². The van der Waals surface area contributed by atoms with E-state index in [2.05, 4.69) is 31.4 Å². The molecule has 1 aliphatic rings. The molecule has 4 heteroatoms. The fourth-order valence-corrected chi connectivity index (χ4v) is 2.55. The summed E-state index contributed by atoms with van der Waals surface area (Å²) in [5.41, 5.74) is 0. The Morgan fingerprint density at radius 3 is 2.84 bits per heavy atom. The lowest BCUT2D eigenvalue weighted by Gasteiger charge is -2.15. The Morgan fingerprint density at radius 2 is 2.21 bits per heavy atom. The molecule has 0 radical (unpaired) electrons. The second-order valence-electron chi connectivity index (χ2n) is 6.06. The van der Waals surface area contributed by atoms with Crippen molar-refractivity contribution < 1.29 is 9.53 Å². The first-order chi connectivity index (χ1) is 9.08. The van der Waals surface area contributed by atoms with Gasteiger partial charge in [0, 0.05) is 13.0 Å². The van der Waals surface area contributed by atoms with Gasteiger partial charge in [0.15, 0.2) is 0 Å². The summed E-state index contributed by atoms with van der Waals surface area (Å²) in [5, 5.41) is 6.32. The van der Waals surface area contributed by atoms with Gasteiger partial charge in [-0.2, -0.15) is 0 Å². The second-order valence-corrected chi connectivity index (χ2v) is 6.06. The fourth-order valence-electron chi connectivity index (χ4n) is 2.55. The molecule has 4 nitrogen and oxygen atoms in total. The van der Waals surface area contributed by atoms with E-state index in [-0.39, 0.29) is 12.0 Å². The second kappa shape index (κ2) is 9.32. The van der Waals surface area contributed by atoms with E-state index in [1.807, 2.05) is 0 Å². The third-order valence-electron chi connectivity index (χ3n) is 3.57. The summed E-state index contributed by atoms with van der Waals surface area (Å²) in [6.45, 7) is 10.0. The van der Waals surface area contributed by atoms with Crippen LogP contribution in [-0.2, 0) is 9.53 Å². The van der Waals surface area contributed by atoms with E-state index in [0.29, 0.717) is 18.9 Å². The van der Waals surface area contributed by atoms with Gasteiger partial charge in [0.2, 0.25) is 5.91 Å². The number of hydrogen-bond donors (Lipinski definition) is 2. The van der Waals surface area contributed by atoms with E-state index >= 15 is 0 Å². The van der Waals surface area contributed by atoms with Gasteiger partial charge in [0.05, 0.1) is 12.7 Å². The number of ether oxygens (including phenoxy) is 1. The van der Waals surface area contributed by atoms with E-state index in [1.54, 1.807) is 0 Å². The lowest BCUT2D eigenvalue weighted by atomic mass is 10.1. The molecule has 1 aliphatic heterocycles. The van der Waals surface area contributed by atoms with Crippen LogP contribution in [0.3, 0.4) is 0 Å². The quantitative estimate of drug-likeness (QED) is 0.673. The molecule has 19 heavy (non-hydrogen) atoms. The maximum absolute atomic E-state index is 11.6. The number of hydrogen-bond acceptors (Lipinski definition) is 3. The van der Waals surface area contributed by atoms with Gasteiger partial charge in [0.1, 0.15) is 0 Å². The van der Waals surface area contributed by atoms with Gasteiger partial charge in [-0.15, -0.1) is 0 Å². The van der Waals surface area contributed by atoms with Crippen LogP contribution in [0.5, 0.6) is 0 Å². The topological polar surface area (TPSA) is 50.4 Å². The van der Waals surface area contributed by atoms with Crippen molar-refractivity contribution in [1.29, 1.82) is 0 Å². The molecule has 1 heterocycles. The zero-order valence-electron chi connectivity index (χ0n) is 12.7. The molecule has 1 rings (SSSR count). The van der Waals surface area contributed by atoms with E-state index in [0.717, 1.165) is 38.4 Å². The van der Waals surface area contributed by atoms with Gasteiger partial charge in [-0.3, -0.25) is 4.79 Å². The summed E-state index contributed by atoms with van der Waals surface area (Å²) < 4.78 is 5.63. The van der Waals surface area contributed by atoms with E-state index in [1.165, 1.54) is 6.42 Å². The standard InChI is InChI=1S/C15H30N2O2/c1-12(2)10-13(3)19-9-6-15(18)17-8-5-14-4-7-16-11-14/h12-14,16H,4-11H2,1-3H3,(H,17,18).